The summed E-state index contributed by atoms with van der Waals surface area (Å²) in [6.07, 6.45) is -0.783. The SMILES string of the molecule is O=C(N[C@H](c1ccccn1)C(F)(F)F)c1cnc(N2CC(F)(F)C2)c(OCC2CC2)n1. The lowest BCUT2D eigenvalue weighted by Crippen LogP contribution is -2.56. The van der Waals surface area contributed by atoms with Crippen LogP contribution in [0.1, 0.15) is 35.1 Å². The molecule has 0 bridgehead atoms. The average molecular weight is 443 g/mol. The summed E-state index contributed by atoms with van der Waals surface area (Å²) in [5.41, 5.74) is -0.812. The van der Waals surface area contributed by atoms with Crippen molar-refractivity contribution in [3.05, 3.63) is 42.0 Å². The van der Waals surface area contributed by atoms with Crippen molar-refractivity contribution in [3.63, 3.8) is 0 Å². The van der Waals surface area contributed by atoms with E-state index in [9.17, 15) is 26.7 Å². The summed E-state index contributed by atoms with van der Waals surface area (Å²) in [7, 11) is 0. The van der Waals surface area contributed by atoms with Gasteiger partial charge in [0.25, 0.3) is 17.7 Å². The van der Waals surface area contributed by atoms with Gasteiger partial charge in [0.15, 0.2) is 17.6 Å². The first-order valence-electron chi connectivity index (χ1n) is 9.53. The summed E-state index contributed by atoms with van der Waals surface area (Å²) < 4.78 is 72.5. The second kappa shape index (κ2) is 7.89. The monoisotopic (exact) mass is 443 g/mol. The fourth-order valence-electron chi connectivity index (χ4n) is 3.01. The van der Waals surface area contributed by atoms with Crippen molar-refractivity contribution in [2.24, 2.45) is 5.92 Å². The standard InChI is InChI=1S/C19H18F5N5O2/c20-18(21)9-29(10-18)15-17(31-8-11-4-5-11)27-13(7-26-15)16(30)28-14(19(22,23)24)12-3-1-2-6-25-12/h1-3,6-7,11,14H,4-5,8-10H2,(H,28,30)/t14-/m1/s1. The van der Waals surface area contributed by atoms with Crippen LogP contribution in [0.5, 0.6) is 5.88 Å². The number of pyridine rings is 1. The van der Waals surface area contributed by atoms with Gasteiger partial charge >= 0.3 is 6.18 Å². The van der Waals surface area contributed by atoms with E-state index in [2.05, 4.69) is 15.0 Å². The van der Waals surface area contributed by atoms with Crippen LogP contribution in [0.25, 0.3) is 0 Å². The van der Waals surface area contributed by atoms with Gasteiger partial charge in [-0.3, -0.25) is 9.78 Å². The van der Waals surface area contributed by atoms with Crippen LogP contribution in [0.3, 0.4) is 0 Å². The highest BCUT2D eigenvalue weighted by Crippen LogP contribution is 2.37. The van der Waals surface area contributed by atoms with E-state index in [1.54, 1.807) is 0 Å². The molecule has 2 aliphatic rings. The van der Waals surface area contributed by atoms with Gasteiger partial charge in [0.05, 0.1) is 31.6 Å². The second-order valence-electron chi connectivity index (χ2n) is 7.55. The van der Waals surface area contributed by atoms with E-state index in [1.807, 2.05) is 5.32 Å². The topological polar surface area (TPSA) is 80.2 Å². The molecule has 1 aliphatic heterocycles. The Morgan fingerprint density at radius 1 is 1.26 bits per heavy atom. The molecule has 2 aromatic heterocycles. The molecule has 12 heteroatoms. The summed E-state index contributed by atoms with van der Waals surface area (Å²) in [4.78, 5) is 25.4. The van der Waals surface area contributed by atoms with Gasteiger partial charge in [-0.05, 0) is 30.9 Å². The van der Waals surface area contributed by atoms with Crippen LogP contribution >= 0.6 is 0 Å². The quantitative estimate of drug-likeness (QED) is 0.663. The Balaban J connectivity index is 1.56. The first-order valence-corrected chi connectivity index (χ1v) is 9.53. The van der Waals surface area contributed by atoms with Gasteiger partial charge in [-0.15, -0.1) is 0 Å². The number of nitrogens with one attached hydrogen (secondary N) is 1. The number of anilines is 1. The minimum atomic E-state index is -4.80. The Labute approximate surface area is 173 Å². The van der Waals surface area contributed by atoms with Crippen LogP contribution in [0.4, 0.5) is 27.8 Å². The molecule has 0 radical (unpaired) electrons. The third kappa shape index (κ3) is 5.00. The van der Waals surface area contributed by atoms with E-state index >= 15 is 0 Å². The van der Waals surface area contributed by atoms with Crippen LogP contribution in [-0.4, -0.2) is 52.7 Å². The number of nitrogens with zero attached hydrogens (tertiary/aromatic N) is 4. The maximum atomic E-state index is 13.5. The minimum absolute atomic E-state index is 0.0280. The maximum absolute atomic E-state index is 13.5. The zero-order chi connectivity index (χ0) is 22.2. The molecule has 4 rings (SSSR count). The molecule has 1 atom stereocenters. The van der Waals surface area contributed by atoms with Gasteiger partial charge in [0.1, 0.15) is 0 Å². The van der Waals surface area contributed by atoms with Gasteiger partial charge in [0.2, 0.25) is 0 Å². The molecule has 1 saturated carbocycles. The summed E-state index contributed by atoms with van der Waals surface area (Å²) in [6, 6.07) is 1.61. The molecule has 7 nitrogen and oxygen atoms in total. The van der Waals surface area contributed by atoms with Crippen molar-refractivity contribution in [2.75, 3.05) is 24.6 Å². The van der Waals surface area contributed by atoms with E-state index in [0.29, 0.717) is 5.92 Å². The molecular weight excluding hydrogens is 425 g/mol. The van der Waals surface area contributed by atoms with Crippen LogP contribution < -0.4 is 15.0 Å². The Morgan fingerprint density at radius 2 is 2.00 bits per heavy atom. The lowest BCUT2D eigenvalue weighted by molar-refractivity contribution is -0.156. The van der Waals surface area contributed by atoms with Crippen molar-refractivity contribution in [3.8, 4) is 5.88 Å². The van der Waals surface area contributed by atoms with Crippen LogP contribution in [0.15, 0.2) is 30.6 Å². The largest absolute Gasteiger partial charge is 0.475 e. The molecule has 31 heavy (non-hydrogen) atoms. The molecule has 3 heterocycles. The lowest BCUT2D eigenvalue weighted by Gasteiger charge is -2.39. The number of alkyl halides is 5. The Hall–Kier alpha value is -3.05. The molecule has 1 amide bonds. The number of aromatic nitrogens is 3. The normalized spacial score (nSPS) is 18.8. The first-order chi connectivity index (χ1) is 14.6. The van der Waals surface area contributed by atoms with Crippen LogP contribution in [0, 0.1) is 5.92 Å². The molecule has 0 aromatic carbocycles. The molecule has 1 aliphatic carbocycles. The number of carbonyl (C=O) groups is 1. The Morgan fingerprint density at radius 3 is 2.58 bits per heavy atom. The van der Waals surface area contributed by atoms with E-state index in [0.717, 1.165) is 25.1 Å². The number of carbonyl (C=O) groups excluding carboxylic acids is 1. The third-order valence-corrected chi connectivity index (χ3v) is 4.84. The molecule has 166 valence electrons. The first kappa shape index (κ1) is 21.2. The summed E-state index contributed by atoms with van der Waals surface area (Å²) in [5.74, 6) is -3.84. The number of amides is 1. The van der Waals surface area contributed by atoms with Crippen LogP contribution in [-0.2, 0) is 0 Å². The van der Waals surface area contributed by atoms with Crippen molar-refractivity contribution in [2.45, 2.75) is 31.0 Å². The van der Waals surface area contributed by atoms with Gasteiger partial charge in [-0.1, -0.05) is 6.07 Å². The van der Waals surface area contributed by atoms with Gasteiger partial charge in [0, 0.05) is 6.20 Å². The number of hydrogen-bond acceptors (Lipinski definition) is 6. The zero-order valence-electron chi connectivity index (χ0n) is 16.1. The molecule has 1 saturated heterocycles. The van der Waals surface area contributed by atoms with Crippen molar-refractivity contribution >= 4 is 11.7 Å². The Bertz CT molecular complexity index is 944. The second-order valence-corrected chi connectivity index (χ2v) is 7.55. The molecule has 1 N–H and O–H groups in total. The fraction of sp³-hybridized carbons (Fsp3) is 0.474. The highest BCUT2D eigenvalue weighted by atomic mass is 19.4. The highest BCUT2D eigenvalue weighted by molar-refractivity contribution is 5.92. The van der Waals surface area contributed by atoms with Gasteiger partial charge in [-0.2, -0.15) is 13.2 Å². The predicted octanol–water partition coefficient (Wildman–Crippen LogP) is 3.15. The Kier molecular flexibility index (Phi) is 5.40. The minimum Gasteiger partial charge on any atom is -0.475 e. The van der Waals surface area contributed by atoms with Gasteiger partial charge < -0.3 is 15.0 Å². The molecule has 0 unspecified atom stereocenters. The smallest absolute Gasteiger partial charge is 0.414 e. The third-order valence-electron chi connectivity index (χ3n) is 4.84. The maximum Gasteiger partial charge on any atom is 0.414 e. The highest BCUT2D eigenvalue weighted by Gasteiger charge is 2.46. The number of hydrogen-bond donors (Lipinski definition) is 1. The van der Waals surface area contributed by atoms with Crippen molar-refractivity contribution in [1.82, 2.24) is 20.3 Å². The average Bonchev–Trinajstić information content (AvgIpc) is 3.52. The van der Waals surface area contributed by atoms with Crippen molar-refractivity contribution < 1.29 is 31.5 Å². The number of rotatable bonds is 7. The van der Waals surface area contributed by atoms with Crippen LogP contribution in [0.2, 0.25) is 0 Å². The lowest BCUT2D eigenvalue weighted by atomic mass is 10.1. The summed E-state index contributed by atoms with van der Waals surface area (Å²) in [6.45, 7) is -0.901. The molecular formula is C19H18F5N5O2. The van der Waals surface area contributed by atoms with E-state index in [1.165, 1.54) is 23.2 Å². The molecule has 0 spiro atoms. The number of ether oxygens (including phenoxy) is 1. The summed E-state index contributed by atoms with van der Waals surface area (Å²) in [5, 5.41) is 1.87. The van der Waals surface area contributed by atoms with E-state index < -0.39 is 42.8 Å². The van der Waals surface area contributed by atoms with Gasteiger partial charge in [-0.25, -0.2) is 18.7 Å². The predicted molar refractivity (Wildman–Crippen MR) is 97.9 cm³/mol. The molecule has 2 aromatic rings. The zero-order valence-corrected chi connectivity index (χ0v) is 16.1. The fourth-order valence-corrected chi connectivity index (χ4v) is 3.01. The van der Waals surface area contributed by atoms with E-state index in [-0.39, 0.29) is 24.0 Å². The van der Waals surface area contributed by atoms with E-state index in [4.69, 9.17) is 4.74 Å². The number of halogens is 5. The summed E-state index contributed by atoms with van der Waals surface area (Å²) >= 11 is 0. The molecule has 2 fully saturated rings. The van der Waals surface area contributed by atoms with Crippen molar-refractivity contribution in [1.29, 1.82) is 0 Å².